The molecular formula is C23H27N3O2. The van der Waals surface area contributed by atoms with E-state index in [1.165, 1.54) is 5.39 Å². The van der Waals surface area contributed by atoms with Gasteiger partial charge in [0.15, 0.2) is 0 Å². The molecule has 3 N–H and O–H groups in total. The second-order valence-electron chi connectivity index (χ2n) is 7.56. The molecule has 0 bridgehead atoms. The van der Waals surface area contributed by atoms with Crippen LogP contribution in [-0.2, 0) is 0 Å². The number of H-pyrrole nitrogens is 1. The molecule has 1 aliphatic heterocycles. The highest BCUT2D eigenvalue weighted by molar-refractivity contribution is 5.95. The highest BCUT2D eigenvalue weighted by Crippen LogP contribution is 2.24. The number of likely N-dealkylation sites (tertiary alicyclic amines) is 1. The molecule has 0 spiro atoms. The van der Waals surface area contributed by atoms with E-state index < -0.39 is 0 Å². The van der Waals surface area contributed by atoms with E-state index in [4.69, 9.17) is 0 Å². The Balaban J connectivity index is 1.29. The van der Waals surface area contributed by atoms with Gasteiger partial charge < -0.3 is 20.3 Å². The van der Waals surface area contributed by atoms with Crippen molar-refractivity contribution in [1.82, 2.24) is 15.2 Å². The standard InChI is InChI=1S/C23H27N3O2/c27-21-3-1-13-26(16-21)14-2-11-25-23(28)18-6-4-17(5-7-18)19-8-9-22-20(15-19)10-12-24-22/h4-10,12,15,21,24,27H,1-3,11,13-14,16H2,(H,25,28)/t21-/m1/s1. The lowest BCUT2D eigenvalue weighted by molar-refractivity contribution is 0.0697. The Hall–Kier alpha value is -2.63. The predicted molar refractivity (Wildman–Crippen MR) is 112 cm³/mol. The molecule has 2 aromatic carbocycles. The average molecular weight is 377 g/mol. The summed E-state index contributed by atoms with van der Waals surface area (Å²) < 4.78 is 0. The number of aliphatic hydroxyl groups is 1. The molecule has 1 atom stereocenters. The van der Waals surface area contributed by atoms with E-state index in [2.05, 4.69) is 39.5 Å². The summed E-state index contributed by atoms with van der Waals surface area (Å²) in [5, 5.41) is 13.9. The number of β-amino-alcohol motifs (C(OH)–C–C–N with tert-alkyl or cyclic N) is 1. The van der Waals surface area contributed by atoms with Gasteiger partial charge in [-0.1, -0.05) is 18.2 Å². The van der Waals surface area contributed by atoms with Crippen LogP contribution in [0.15, 0.2) is 54.7 Å². The van der Waals surface area contributed by atoms with Gasteiger partial charge in [-0.05, 0) is 79.2 Å². The topological polar surface area (TPSA) is 68.4 Å². The number of nitrogens with one attached hydrogen (secondary N) is 2. The Labute approximate surface area is 165 Å². The van der Waals surface area contributed by atoms with Crippen molar-refractivity contribution >= 4 is 16.8 Å². The molecule has 4 rings (SSSR count). The van der Waals surface area contributed by atoms with E-state index in [0.717, 1.165) is 55.5 Å². The molecule has 1 amide bonds. The van der Waals surface area contributed by atoms with Crippen molar-refractivity contribution in [3.8, 4) is 11.1 Å². The third-order valence-electron chi connectivity index (χ3n) is 5.45. The minimum Gasteiger partial charge on any atom is -0.392 e. The van der Waals surface area contributed by atoms with Gasteiger partial charge in [-0.15, -0.1) is 0 Å². The van der Waals surface area contributed by atoms with Gasteiger partial charge in [0.25, 0.3) is 5.91 Å². The van der Waals surface area contributed by atoms with Gasteiger partial charge in [-0.25, -0.2) is 0 Å². The van der Waals surface area contributed by atoms with E-state index in [1.807, 2.05) is 30.5 Å². The van der Waals surface area contributed by atoms with E-state index >= 15 is 0 Å². The van der Waals surface area contributed by atoms with Crippen LogP contribution in [-0.4, -0.2) is 53.2 Å². The predicted octanol–water partition coefficient (Wildman–Crippen LogP) is 3.41. The Morgan fingerprint density at radius 1 is 1.14 bits per heavy atom. The summed E-state index contributed by atoms with van der Waals surface area (Å²) in [7, 11) is 0. The molecule has 0 radical (unpaired) electrons. The van der Waals surface area contributed by atoms with Crippen molar-refractivity contribution < 1.29 is 9.90 Å². The number of fused-ring (bicyclic) bond motifs is 1. The first-order valence-electron chi connectivity index (χ1n) is 10.1. The van der Waals surface area contributed by atoms with Gasteiger partial charge in [-0.2, -0.15) is 0 Å². The van der Waals surface area contributed by atoms with Crippen LogP contribution in [0, 0.1) is 0 Å². The van der Waals surface area contributed by atoms with Gasteiger partial charge in [0.2, 0.25) is 0 Å². The molecule has 1 saturated heterocycles. The quantitative estimate of drug-likeness (QED) is 0.577. The normalized spacial score (nSPS) is 17.7. The molecule has 28 heavy (non-hydrogen) atoms. The maximum Gasteiger partial charge on any atom is 0.251 e. The SMILES string of the molecule is O=C(NCCCN1CCC[C@@H](O)C1)c1ccc(-c2ccc3[nH]ccc3c2)cc1. The Morgan fingerprint density at radius 2 is 1.96 bits per heavy atom. The second-order valence-corrected chi connectivity index (χ2v) is 7.56. The lowest BCUT2D eigenvalue weighted by Gasteiger charge is -2.29. The van der Waals surface area contributed by atoms with Crippen LogP contribution in [0.2, 0.25) is 0 Å². The zero-order valence-corrected chi connectivity index (χ0v) is 16.0. The molecule has 5 heteroatoms. The largest absolute Gasteiger partial charge is 0.392 e. The molecule has 1 aromatic heterocycles. The minimum atomic E-state index is -0.195. The summed E-state index contributed by atoms with van der Waals surface area (Å²) >= 11 is 0. The highest BCUT2D eigenvalue weighted by Gasteiger charge is 2.16. The van der Waals surface area contributed by atoms with Crippen molar-refractivity contribution in [3.63, 3.8) is 0 Å². The number of aromatic amines is 1. The highest BCUT2D eigenvalue weighted by atomic mass is 16.3. The van der Waals surface area contributed by atoms with Crippen molar-refractivity contribution in [2.75, 3.05) is 26.2 Å². The lowest BCUT2D eigenvalue weighted by atomic mass is 10.0. The van der Waals surface area contributed by atoms with Crippen LogP contribution in [0.25, 0.3) is 22.0 Å². The van der Waals surface area contributed by atoms with E-state index in [1.54, 1.807) is 0 Å². The zero-order valence-electron chi connectivity index (χ0n) is 16.0. The van der Waals surface area contributed by atoms with E-state index in [-0.39, 0.29) is 12.0 Å². The summed E-state index contributed by atoms with van der Waals surface area (Å²) in [5.41, 5.74) is 4.05. The Bertz CT molecular complexity index is 932. The van der Waals surface area contributed by atoms with Crippen molar-refractivity contribution in [2.45, 2.75) is 25.4 Å². The monoisotopic (exact) mass is 377 g/mol. The number of amides is 1. The summed E-state index contributed by atoms with van der Waals surface area (Å²) in [5.74, 6) is -0.0358. The molecule has 1 fully saturated rings. The number of hydrogen-bond acceptors (Lipinski definition) is 3. The summed E-state index contributed by atoms with van der Waals surface area (Å²) in [6.45, 7) is 3.36. The van der Waals surface area contributed by atoms with Crippen LogP contribution in [0.3, 0.4) is 0 Å². The van der Waals surface area contributed by atoms with Crippen LogP contribution in [0.5, 0.6) is 0 Å². The number of carbonyl (C=O) groups is 1. The maximum atomic E-state index is 12.4. The summed E-state index contributed by atoms with van der Waals surface area (Å²) in [6.07, 6.45) is 4.60. The van der Waals surface area contributed by atoms with Gasteiger partial charge in [0.05, 0.1) is 6.10 Å². The fourth-order valence-electron chi connectivity index (χ4n) is 3.89. The second kappa shape index (κ2) is 8.59. The smallest absolute Gasteiger partial charge is 0.251 e. The first-order chi connectivity index (χ1) is 13.7. The number of aromatic nitrogens is 1. The number of carbonyl (C=O) groups excluding carboxylic acids is 1. The van der Waals surface area contributed by atoms with Crippen molar-refractivity contribution in [2.24, 2.45) is 0 Å². The van der Waals surface area contributed by atoms with Gasteiger partial charge in [0, 0.05) is 30.4 Å². The molecule has 3 aromatic rings. The molecule has 5 nitrogen and oxygen atoms in total. The van der Waals surface area contributed by atoms with E-state index in [9.17, 15) is 9.90 Å². The van der Waals surface area contributed by atoms with Crippen LogP contribution in [0.4, 0.5) is 0 Å². The Kier molecular flexibility index (Phi) is 5.74. The third kappa shape index (κ3) is 4.43. The number of nitrogens with zero attached hydrogens (tertiary/aromatic N) is 1. The number of benzene rings is 2. The van der Waals surface area contributed by atoms with Crippen molar-refractivity contribution in [3.05, 3.63) is 60.3 Å². The average Bonchev–Trinajstić information content (AvgIpc) is 3.19. The molecule has 2 heterocycles. The summed E-state index contributed by atoms with van der Waals surface area (Å²) in [6, 6.07) is 16.1. The first kappa shape index (κ1) is 18.7. The van der Waals surface area contributed by atoms with Crippen LogP contribution in [0.1, 0.15) is 29.6 Å². The maximum absolute atomic E-state index is 12.4. The van der Waals surface area contributed by atoms with Crippen LogP contribution >= 0.6 is 0 Å². The first-order valence-corrected chi connectivity index (χ1v) is 10.1. The van der Waals surface area contributed by atoms with E-state index in [0.29, 0.717) is 12.1 Å². The Morgan fingerprint density at radius 3 is 2.79 bits per heavy atom. The molecular weight excluding hydrogens is 350 g/mol. The number of piperidine rings is 1. The molecule has 0 aliphatic carbocycles. The lowest BCUT2D eigenvalue weighted by Crippen LogP contribution is -2.39. The number of aliphatic hydroxyl groups excluding tert-OH is 1. The van der Waals surface area contributed by atoms with Gasteiger partial charge >= 0.3 is 0 Å². The van der Waals surface area contributed by atoms with Crippen molar-refractivity contribution in [1.29, 1.82) is 0 Å². The van der Waals surface area contributed by atoms with Gasteiger partial charge in [0.1, 0.15) is 0 Å². The molecule has 0 saturated carbocycles. The van der Waals surface area contributed by atoms with Crippen LogP contribution < -0.4 is 5.32 Å². The number of rotatable bonds is 6. The zero-order chi connectivity index (χ0) is 19.3. The molecule has 1 aliphatic rings. The van der Waals surface area contributed by atoms with Gasteiger partial charge in [-0.3, -0.25) is 4.79 Å². The fourth-order valence-corrected chi connectivity index (χ4v) is 3.89. The summed E-state index contributed by atoms with van der Waals surface area (Å²) in [4.78, 5) is 17.8. The number of hydrogen-bond donors (Lipinski definition) is 3. The fraction of sp³-hybridized carbons (Fsp3) is 0.348. The molecule has 146 valence electrons. The minimum absolute atomic E-state index is 0.0358. The molecule has 0 unspecified atom stereocenters. The third-order valence-corrected chi connectivity index (χ3v) is 5.45.